The van der Waals surface area contributed by atoms with Gasteiger partial charge in [0.2, 0.25) is 5.91 Å². The molecule has 2 heterocycles. The highest BCUT2D eigenvalue weighted by atomic mass is 35.5. The van der Waals surface area contributed by atoms with Crippen molar-refractivity contribution in [3.8, 4) is 11.5 Å². The number of rotatable bonds is 4. The third-order valence-corrected chi connectivity index (χ3v) is 7.09. The fourth-order valence-electron chi connectivity index (χ4n) is 4.89. The molecule has 0 saturated carbocycles. The summed E-state index contributed by atoms with van der Waals surface area (Å²) in [6.45, 7) is 1.63. The van der Waals surface area contributed by atoms with Crippen LogP contribution in [-0.2, 0) is 11.0 Å². The summed E-state index contributed by atoms with van der Waals surface area (Å²) in [7, 11) is 1.49. The lowest BCUT2D eigenvalue weighted by molar-refractivity contribution is -0.137. The number of thiocarbonyl (C=S) groups is 1. The number of ether oxygens (including phenoxy) is 2. The van der Waals surface area contributed by atoms with Gasteiger partial charge in [0, 0.05) is 22.0 Å². The molecule has 0 unspecified atom stereocenters. The third-order valence-electron chi connectivity index (χ3n) is 6.54. The van der Waals surface area contributed by atoms with E-state index in [1.807, 2.05) is 0 Å². The van der Waals surface area contributed by atoms with Crippen molar-refractivity contribution >= 4 is 46.2 Å². The van der Waals surface area contributed by atoms with Crippen molar-refractivity contribution in [2.45, 2.75) is 24.9 Å². The molecule has 3 atom stereocenters. The number of methoxy groups -OCH3 is 1. The summed E-state index contributed by atoms with van der Waals surface area (Å²) in [5, 5.41) is 6.67. The van der Waals surface area contributed by atoms with Crippen molar-refractivity contribution < 1.29 is 27.4 Å². The monoisotopic (exact) mass is 547 g/mol. The number of nitrogens with zero attached hydrogens (tertiary/aromatic N) is 1. The van der Waals surface area contributed by atoms with Gasteiger partial charge in [-0.25, -0.2) is 0 Å². The van der Waals surface area contributed by atoms with Gasteiger partial charge in [-0.1, -0.05) is 29.8 Å². The fraction of sp³-hybridized carbons (Fsp3) is 0.231. The average molecular weight is 548 g/mol. The molecule has 0 radical (unpaired) electrons. The highest BCUT2D eigenvalue weighted by Gasteiger charge is 2.59. The second kappa shape index (κ2) is 9.11. The zero-order valence-electron chi connectivity index (χ0n) is 19.6. The van der Waals surface area contributed by atoms with Crippen molar-refractivity contribution in [1.82, 2.24) is 5.32 Å². The number of hydrogen-bond donors (Lipinski definition) is 2. The lowest BCUT2D eigenvalue weighted by Gasteiger charge is -2.56. The van der Waals surface area contributed by atoms with E-state index in [4.69, 9.17) is 33.3 Å². The van der Waals surface area contributed by atoms with E-state index in [1.165, 1.54) is 24.1 Å². The normalized spacial score (nSPS) is 22.4. The fourth-order valence-corrected chi connectivity index (χ4v) is 5.43. The number of carbonyl (C=O) groups excluding carboxylic acids is 1. The Balaban J connectivity index is 1.65. The molecule has 1 amide bonds. The number of amides is 1. The van der Waals surface area contributed by atoms with Crippen molar-refractivity contribution in [2.75, 3.05) is 17.3 Å². The maximum Gasteiger partial charge on any atom is 0.416 e. The lowest BCUT2D eigenvalue weighted by atomic mass is 9.78. The molecular weight excluding hydrogens is 527 g/mol. The van der Waals surface area contributed by atoms with Gasteiger partial charge in [0.05, 0.1) is 18.7 Å². The maximum atomic E-state index is 13.8. The molecule has 3 aromatic carbocycles. The molecule has 6 nitrogen and oxygen atoms in total. The number of para-hydroxylation sites is 1. The number of carbonyl (C=O) groups is 1. The van der Waals surface area contributed by atoms with Crippen LogP contribution < -0.4 is 25.0 Å². The van der Waals surface area contributed by atoms with Gasteiger partial charge in [-0.2, -0.15) is 13.2 Å². The highest BCUT2D eigenvalue weighted by molar-refractivity contribution is 7.80. The lowest BCUT2D eigenvalue weighted by Crippen LogP contribution is -2.72. The number of nitrogens with one attached hydrogen (secondary N) is 2. The number of benzene rings is 3. The van der Waals surface area contributed by atoms with Crippen LogP contribution in [0.3, 0.4) is 0 Å². The van der Waals surface area contributed by atoms with Crippen LogP contribution in [0.5, 0.6) is 11.5 Å². The van der Waals surface area contributed by atoms with Gasteiger partial charge < -0.3 is 20.1 Å². The van der Waals surface area contributed by atoms with Gasteiger partial charge >= 0.3 is 6.18 Å². The van der Waals surface area contributed by atoms with Crippen LogP contribution in [0, 0.1) is 5.92 Å². The first kappa shape index (κ1) is 25.2. The highest BCUT2D eigenvalue weighted by Crippen LogP contribution is 2.52. The summed E-state index contributed by atoms with van der Waals surface area (Å²) in [5.41, 5.74) is -1.11. The summed E-state index contributed by atoms with van der Waals surface area (Å²) in [6, 6.07) is 15.9. The van der Waals surface area contributed by atoms with E-state index in [0.717, 1.165) is 12.1 Å². The summed E-state index contributed by atoms with van der Waals surface area (Å²) in [6.07, 6.45) is -4.57. The molecule has 3 aromatic rings. The summed E-state index contributed by atoms with van der Waals surface area (Å²) >= 11 is 11.6. The smallest absolute Gasteiger partial charge is 0.416 e. The molecule has 2 aliphatic heterocycles. The van der Waals surface area contributed by atoms with Gasteiger partial charge in [0.1, 0.15) is 5.92 Å². The predicted octanol–water partition coefficient (Wildman–Crippen LogP) is 6.17. The number of fused-ring (bicyclic) bond motifs is 4. The zero-order chi connectivity index (χ0) is 26.5. The standard InChI is InChI=1S/C26H21ClF3N3O3S/c1-25-20(23(34)31-16-11-9-15(27)10-12-16)21(18-7-4-8-19(35-2)22(18)36-25)32-24(37)33(25)17-6-3-5-14(13-17)26(28,29)30/h3-13,20-21H,1-2H3,(H,31,34)(H,32,37)/t20-,21-,25-/m1/s1. The molecule has 2 aliphatic rings. The molecule has 0 spiro atoms. The van der Waals surface area contributed by atoms with Gasteiger partial charge in [-0.15, -0.1) is 0 Å². The summed E-state index contributed by atoms with van der Waals surface area (Å²) in [5.74, 6) is -0.566. The molecule has 11 heteroatoms. The molecule has 0 aromatic heterocycles. The Morgan fingerprint density at radius 3 is 2.54 bits per heavy atom. The van der Waals surface area contributed by atoms with Crippen LogP contribution in [0.25, 0.3) is 0 Å². The Morgan fingerprint density at radius 2 is 1.86 bits per heavy atom. The van der Waals surface area contributed by atoms with Crippen LogP contribution in [0.4, 0.5) is 24.5 Å². The Morgan fingerprint density at radius 1 is 1.16 bits per heavy atom. The van der Waals surface area contributed by atoms with Gasteiger partial charge in [0.25, 0.3) is 0 Å². The number of hydrogen-bond acceptors (Lipinski definition) is 4. The van der Waals surface area contributed by atoms with E-state index in [9.17, 15) is 18.0 Å². The van der Waals surface area contributed by atoms with Gasteiger partial charge in [-0.05, 0) is 67.7 Å². The molecule has 2 bridgehead atoms. The van der Waals surface area contributed by atoms with Gasteiger partial charge in [0.15, 0.2) is 22.3 Å². The molecule has 2 N–H and O–H groups in total. The van der Waals surface area contributed by atoms with Crippen LogP contribution in [0.2, 0.25) is 5.02 Å². The van der Waals surface area contributed by atoms with Crippen molar-refractivity contribution in [3.63, 3.8) is 0 Å². The van der Waals surface area contributed by atoms with Crippen molar-refractivity contribution in [1.29, 1.82) is 0 Å². The molecule has 37 heavy (non-hydrogen) atoms. The van der Waals surface area contributed by atoms with Crippen molar-refractivity contribution in [3.05, 3.63) is 82.9 Å². The first-order valence-corrected chi connectivity index (χ1v) is 12.0. The Bertz CT molecular complexity index is 1390. The molecule has 192 valence electrons. The second-order valence-electron chi connectivity index (χ2n) is 8.82. The largest absolute Gasteiger partial charge is 0.493 e. The number of anilines is 2. The third kappa shape index (κ3) is 4.34. The Kier molecular flexibility index (Phi) is 6.19. The van der Waals surface area contributed by atoms with E-state index in [0.29, 0.717) is 27.8 Å². The molecule has 0 aliphatic carbocycles. The summed E-state index contributed by atoms with van der Waals surface area (Å²) < 4.78 is 52.7. The van der Waals surface area contributed by atoms with Crippen molar-refractivity contribution in [2.24, 2.45) is 5.92 Å². The maximum absolute atomic E-state index is 13.8. The van der Waals surface area contributed by atoms with Crippen LogP contribution >= 0.6 is 23.8 Å². The first-order valence-electron chi connectivity index (χ1n) is 11.2. The van der Waals surface area contributed by atoms with Gasteiger partial charge in [-0.3, -0.25) is 9.69 Å². The van der Waals surface area contributed by atoms with E-state index < -0.39 is 35.3 Å². The second-order valence-corrected chi connectivity index (χ2v) is 9.64. The quantitative estimate of drug-likeness (QED) is 0.381. The number of alkyl halides is 3. The Hall–Kier alpha value is -3.50. The first-order chi connectivity index (χ1) is 17.5. The van der Waals surface area contributed by atoms with E-state index >= 15 is 0 Å². The molecular formula is C26H21ClF3N3O3S. The summed E-state index contributed by atoms with van der Waals surface area (Å²) in [4.78, 5) is 15.2. The molecule has 1 saturated heterocycles. The van der Waals surface area contributed by atoms with E-state index in [1.54, 1.807) is 49.4 Å². The van der Waals surface area contributed by atoms with Crippen LogP contribution in [0.15, 0.2) is 66.7 Å². The minimum absolute atomic E-state index is 0.121. The Labute approximate surface area is 221 Å². The molecule has 5 rings (SSSR count). The molecule has 1 fully saturated rings. The topological polar surface area (TPSA) is 62.8 Å². The van der Waals surface area contributed by atoms with Crippen LogP contribution in [0.1, 0.15) is 24.1 Å². The number of halogens is 4. The van der Waals surface area contributed by atoms with E-state index in [2.05, 4.69) is 10.6 Å². The minimum Gasteiger partial charge on any atom is -0.493 e. The predicted molar refractivity (Wildman–Crippen MR) is 138 cm³/mol. The average Bonchev–Trinajstić information content (AvgIpc) is 2.84. The van der Waals surface area contributed by atoms with Crippen LogP contribution in [-0.4, -0.2) is 23.9 Å². The zero-order valence-corrected chi connectivity index (χ0v) is 21.2. The van der Waals surface area contributed by atoms with E-state index in [-0.39, 0.29) is 10.8 Å². The SMILES string of the molecule is COc1cccc2c1O[C@]1(C)[C@@H](C(=O)Nc3ccc(Cl)cc3)[C@@H]2NC(=S)N1c1cccc(C(F)(F)F)c1. The minimum atomic E-state index is -4.57.